The van der Waals surface area contributed by atoms with Crippen molar-refractivity contribution in [2.24, 2.45) is 5.10 Å². The fourth-order valence-corrected chi connectivity index (χ4v) is 4.37. The molecule has 158 valence electrons. The van der Waals surface area contributed by atoms with E-state index in [1.54, 1.807) is 12.1 Å². The number of amides is 1. The molecule has 0 spiro atoms. The summed E-state index contributed by atoms with van der Waals surface area (Å²) in [5.41, 5.74) is 3.96. The summed E-state index contributed by atoms with van der Waals surface area (Å²) < 4.78 is 24.9. The number of hydrogen-bond acceptors (Lipinski definition) is 5. The lowest BCUT2D eigenvalue weighted by molar-refractivity contribution is -0.119. The molecule has 2 aromatic carbocycles. The number of benzene rings is 2. The summed E-state index contributed by atoms with van der Waals surface area (Å²) in [6.45, 7) is 6.03. The molecular weight excluding hydrogens is 400 g/mol. The van der Waals surface area contributed by atoms with Crippen LogP contribution in [-0.4, -0.2) is 27.6 Å². The minimum Gasteiger partial charge on any atom is -0.352 e. The molecule has 0 saturated carbocycles. The lowest BCUT2D eigenvalue weighted by Gasteiger charge is -2.23. The van der Waals surface area contributed by atoms with Crippen molar-refractivity contribution in [2.75, 3.05) is 11.9 Å². The maximum absolute atomic E-state index is 12.5. The number of nitrogens with zero attached hydrogens (tertiary/aromatic N) is 2. The van der Waals surface area contributed by atoms with Gasteiger partial charge in [0.25, 0.3) is 10.0 Å². The number of anilines is 1. The van der Waals surface area contributed by atoms with Gasteiger partial charge >= 0.3 is 0 Å². The number of rotatable bonds is 6. The molecule has 3 rings (SSSR count). The first kappa shape index (κ1) is 21.6. The Balaban J connectivity index is 1.70. The van der Waals surface area contributed by atoms with Crippen LogP contribution >= 0.6 is 0 Å². The van der Waals surface area contributed by atoms with Gasteiger partial charge in [-0.15, -0.1) is 0 Å². The SMILES string of the molecule is CC(=O)NCc1ccc(S(=O)(=O)NN=CC=C2N(C)c3ccccc3C2(C)C)cc1. The molecule has 0 atom stereocenters. The Kier molecular flexibility index (Phi) is 5.98. The van der Waals surface area contributed by atoms with E-state index in [1.807, 2.05) is 25.3 Å². The Labute approximate surface area is 177 Å². The molecule has 0 radical (unpaired) electrons. The number of para-hydroxylation sites is 1. The maximum atomic E-state index is 12.5. The number of carbonyl (C=O) groups excluding carboxylic acids is 1. The third-order valence-corrected chi connectivity index (χ3v) is 6.43. The van der Waals surface area contributed by atoms with Crippen molar-refractivity contribution in [1.29, 1.82) is 0 Å². The van der Waals surface area contributed by atoms with E-state index in [2.05, 4.69) is 46.1 Å². The van der Waals surface area contributed by atoms with E-state index in [-0.39, 0.29) is 16.2 Å². The van der Waals surface area contributed by atoms with Crippen molar-refractivity contribution < 1.29 is 13.2 Å². The number of hydrazone groups is 1. The van der Waals surface area contributed by atoms with Crippen molar-refractivity contribution in [2.45, 2.75) is 37.6 Å². The molecule has 1 aliphatic heterocycles. The van der Waals surface area contributed by atoms with Crippen LogP contribution in [0, 0.1) is 0 Å². The van der Waals surface area contributed by atoms with Crippen LogP contribution in [0.4, 0.5) is 5.69 Å². The number of nitrogens with one attached hydrogen (secondary N) is 2. The second kappa shape index (κ2) is 8.31. The summed E-state index contributed by atoms with van der Waals surface area (Å²) in [7, 11) is -1.79. The lowest BCUT2D eigenvalue weighted by atomic mass is 9.84. The number of fused-ring (bicyclic) bond motifs is 1. The van der Waals surface area contributed by atoms with Crippen molar-refractivity contribution >= 4 is 27.8 Å². The standard InChI is InChI=1S/C22H26N4O3S/c1-16(27)23-15-17-9-11-18(12-10-17)30(28,29)25-24-14-13-21-22(2,3)19-7-5-6-8-20(19)26(21)4/h5-14,25H,15H2,1-4H3,(H,23,27). The molecule has 2 aromatic rings. The fourth-order valence-electron chi connectivity index (χ4n) is 3.58. The summed E-state index contributed by atoms with van der Waals surface area (Å²) in [4.78, 5) is 15.4. The third kappa shape index (κ3) is 4.38. The van der Waals surface area contributed by atoms with Crippen LogP contribution in [0.25, 0.3) is 0 Å². The Bertz CT molecular complexity index is 1100. The zero-order chi connectivity index (χ0) is 21.9. The molecule has 2 N–H and O–H groups in total. The van der Waals surface area contributed by atoms with E-state index in [4.69, 9.17) is 0 Å². The Hall–Kier alpha value is -3.13. The van der Waals surface area contributed by atoms with Crippen LogP contribution in [0.2, 0.25) is 0 Å². The molecule has 8 heteroatoms. The number of hydrogen-bond donors (Lipinski definition) is 2. The van der Waals surface area contributed by atoms with Gasteiger partial charge in [-0.1, -0.05) is 44.2 Å². The molecule has 30 heavy (non-hydrogen) atoms. The smallest absolute Gasteiger partial charge is 0.276 e. The Morgan fingerprint density at radius 2 is 1.80 bits per heavy atom. The second-order valence-corrected chi connectivity index (χ2v) is 9.34. The van der Waals surface area contributed by atoms with Crippen molar-refractivity contribution in [3.05, 3.63) is 71.4 Å². The summed E-state index contributed by atoms with van der Waals surface area (Å²) >= 11 is 0. The van der Waals surface area contributed by atoms with Crippen LogP contribution in [0.3, 0.4) is 0 Å². The summed E-state index contributed by atoms with van der Waals surface area (Å²) in [5, 5.41) is 6.57. The van der Waals surface area contributed by atoms with Gasteiger partial charge in [-0.05, 0) is 35.4 Å². The normalized spacial score (nSPS) is 16.7. The molecule has 0 fully saturated rings. The van der Waals surface area contributed by atoms with Crippen molar-refractivity contribution in [3.63, 3.8) is 0 Å². The average Bonchev–Trinajstić information content (AvgIpc) is 2.90. The Morgan fingerprint density at radius 1 is 1.13 bits per heavy atom. The number of allylic oxidation sites excluding steroid dienone is 2. The molecular formula is C22H26N4O3S. The highest BCUT2D eigenvalue weighted by molar-refractivity contribution is 7.89. The first-order valence-electron chi connectivity index (χ1n) is 9.55. The quantitative estimate of drug-likeness (QED) is 0.549. The average molecular weight is 427 g/mol. The minimum atomic E-state index is -3.78. The van der Waals surface area contributed by atoms with E-state index in [0.29, 0.717) is 6.54 Å². The third-order valence-electron chi connectivity index (χ3n) is 5.20. The van der Waals surface area contributed by atoms with Gasteiger partial charge in [-0.3, -0.25) is 4.79 Å². The van der Waals surface area contributed by atoms with Gasteiger partial charge < -0.3 is 10.2 Å². The molecule has 0 aliphatic carbocycles. The van der Waals surface area contributed by atoms with E-state index in [9.17, 15) is 13.2 Å². The fraction of sp³-hybridized carbons (Fsp3) is 0.273. The number of likely N-dealkylation sites (N-methyl/N-ethyl adjacent to an activating group) is 1. The zero-order valence-electron chi connectivity index (χ0n) is 17.5. The van der Waals surface area contributed by atoms with Gasteiger partial charge in [0.2, 0.25) is 5.91 Å². The van der Waals surface area contributed by atoms with E-state index >= 15 is 0 Å². The largest absolute Gasteiger partial charge is 0.352 e. The molecule has 1 heterocycles. The van der Waals surface area contributed by atoms with Crippen LogP contribution in [0.1, 0.15) is 31.9 Å². The summed E-state index contributed by atoms with van der Waals surface area (Å²) in [5.74, 6) is -0.143. The highest BCUT2D eigenvalue weighted by Crippen LogP contribution is 2.46. The number of carbonyl (C=O) groups is 1. The predicted octanol–water partition coefficient (Wildman–Crippen LogP) is 2.90. The van der Waals surface area contributed by atoms with Gasteiger partial charge in [0.1, 0.15) is 0 Å². The summed E-state index contributed by atoms with van der Waals surface area (Å²) in [6, 6.07) is 14.5. The lowest BCUT2D eigenvalue weighted by Crippen LogP contribution is -2.23. The molecule has 7 nitrogen and oxygen atoms in total. The molecule has 1 aliphatic rings. The van der Waals surface area contributed by atoms with E-state index in [0.717, 1.165) is 16.9 Å². The van der Waals surface area contributed by atoms with Crippen LogP contribution in [0.15, 0.2) is 70.3 Å². The van der Waals surface area contributed by atoms with Crippen LogP contribution in [0.5, 0.6) is 0 Å². The van der Waals surface area contributed by atoms with Gasteiger partial charge in [0, 0.05) is 43.5 Å². The first-order chi connectivity index (χ1) is 14.1. The molecule has 0 saturated heterocycles. The maximum Gasteiger partial charge on any atom is 0.276 e. The molecule has 0 unspecified atom stereocenters. The minimum absolute atomic E-state index is 0.101. The highest BCUT2D eigenvalue weighted by Gasteiger charge is 2.37. The summed E-state index contributed by atoms with van der Waals surface area (Å²) in [6.07, 6.45) is 3.28. The number of sulfonamides is 1. The van der Waals surface area contributed by atoms with Gasteiger partial charge in [-0.2, -0.15) is 13.5 Å². The highest BCUT2D eigenvalue weighted by atomic mass is 32.2. The van der Waals surface area contributed by atoms with Gasteiger partial charge in [0.05, 0.1) is 4.90 Å². The topological polar surface area (TPSA) is 90.9 Å². The monoisotopic (exact) mass is 426 g/mol. The zero-order valence-corrected chi connectivity index (χ0v) is 18.3. The molecule has 0 aromatic heterocycles. The molecule has 0 bridgehead atoms. The predicted molar refractivity (Wildman–Crippen MR) is 119 cm³/mol. The Morgan fingerprint density at radius 3 is 2.43 bits per heavy atom. The van der Waals surface area contributed by atoms with Crippen LogP contribution in [-0.2, 0) is 26.8 Å². The van der Waals surface area contributed by atoms with Crippen molar-refractivity contribution in [1.82, 2.24) is 10.1 Å². The van der Waals surface area contributed by atoms with Gasteiger partial charge in [0.15, 0.2) is 0 Å². The molecule has 1 amide bonds. The first-order valence-corrected chi connectivity index (χ1v) is 11.0. The second-order valence-electron chi connectivity index (χ2n) is 7.68. The van der Waals surface area contributed by atoms with Crippen LogP contribution < -0.4 is 15.0 Å². The van der Waals surface area contributed by atoms with E-state index < -0.39 is 10.0 Å². The van der Waals surface area contributed by atoms with Crippen molar-refractivity contribution in [3.8, 4) is 0 Å². The van der Waals surface area contributed by atoms with E-state index in [1.165, 1.54) is 30.8 Å². The van der Waals surface area contributed by atoms with Gasteiger partial charge in [-0.25, -0.2) is 4.83 Å².